The Morgan fingerprint density at radius 2 is 1.18 bits per heavy atom. The van der Waals surface area contributed by atoms with E-state index in [1.54, 1.807) is 30.3 Å². The highest BCUT2D eigenvalue weighted by atomic mass is 16.4. The molecule has 0 bridgehead atoms. The molecule has 5 heterocycles. The average molecular weight is 1020 g/mol. The summed E-state index contributed by atoms with van der Waals surface area (Å²) in [4.78, 5) is 127. The van der Waals surface area contributed by atoms with E-state index in [9.17, 15) is 38.7 Å². The summed E-state index contributed by atoms with van der Waals surface area (Å²) in [5.74, 6) is -5.74. The van der Waals surface area contributed by atoms with E-state index in [0.717, 1.165) is 16.5 Å². The SMILES string of the molecule is NC(N)=NCCC[C@H](NC(=O)[C@H](Cc1cnc[nH]1)NC(=O)[C@H](Cc1cnc[nH]1)NC(=O)[C@H](Cc1cnc[nH]1)NC(=O)[C@H](Cc1ccccc1)NC(=O)[C@@H]1CCCN1C(=O)[C@@H](N)Cc1c[nH]c2ccccc12)C(=O)O. The standard InChI is InChI=1S/C49H61N17O8/c50-34(17-29-21-57-35-11-5-4-10-33(29)35)47(72)66-15-7-13-41(66)46(71)65-37(16-28-8-2-1-3-9-28)42(67)62-39(19-31-23-54-26-59-31)44(69)64-40(20-32-24-55-27-60-32)45(70)63-38(18-30-22-53-25-58-30)43(68)61-36(48(73)74)12-6-14-56-49(51)52/h1-5,8-11,21-27,34,36-41,57H,6-7,12-20,50H2,(H,53,58)(H,54,59)(H,55,60)(H,61,68)(H,62,67)(H,63,70)(H,64,69)(H,65,71)(H,73,74)(H4,51,52,56)/t34-,36-,37-,38-,39-,40-,41-/m0/s1. The van der Waals surface area contributed by atoms with E-state index >= 15 is 0 Å². The normalized spacial score (nSPS) is 15.7. The van der Waals surface area contributed by atoms with Crippen molar-refractivity contribution in [2.24, 2.45) is 22.2 Å². The zero-order valence-electron chi connectivity index (χ0n) is 40.3. The maximum absolute atomic E-state index is 14.6. The summed E-state index contributed by atoms with van der Waals surface area (Å²) in [5.41, 5.74) is 21.0. The minimum absolute atomic E-state index is 0.00119. The summed E-state index contributed by atoms with van der Waals surface area (Å²) in [6, 6.07) is 7.90. The third kappa shape index (κ3) is 14.6. The van der Waals surface area contributed by atoms with Gasteiger partial charge in [-0.2, -0.15) is 0 Å². The number of aromatic nitrogens is 7. The van der Waals surface area contributed by atoms with E-state index in [2.05, 4.69) is 66.5 Å². The minimum atomic E-state index is -1.41. The summed E-state index contributed by atoms with van der Waals surface area (Å²) < 4.78 is 0. The Kier molecular flexibility index (Phi) is 18.2. The Hall–Kier alpha value is -8.87. The van der Waals surface area contributed by atoms with E-state index in [0.29, 0.717) is 35.5 Å². The number of fused-ring (bicyclic) bond motifs is 1. The van der Waals surface area contributed by atoms with Gasteiger partial charge in [-0.25, -0.2) is 19.7 Å². The molecule has 1 saturated heterocycles. The summed E-state index contributed by atoms with van der Waals surface area (Å²) in [6.45, 7) is 0.396. The second-order valence-corrected chi connectivity index (χ2v) is 18.0. The average Bonchev–Trinajstić information content (AvgIpc) is 4.26. The molecule has 1 aliphatic rings. The lowest BCUT2D eigenvalue weighted by molar-refractivity contribution is -0.142. The molecule has 6 aromatic rings. The van der Waals surface area contributed by atoms with Crippen LogP contribution in [0.15, 0.2) is 103 Å². The molecule has 25 heteroatoms. The number of H-pyrrole nitrogens is 4. The van der Waals surface area contributed by atoms with Gasteiger partial charge in [0, 0.05) is 91.5 Å². The Bertz CT molecular complexity index is 2850. The molecule has 0 aliphatic carbocycles. The lowest BCUT2D eigenvalue weighted by atomic mass is 10.0. The first-order valence-electron chi connectivity index (χ1n) is 24.1. The number of aliphatic carboxylic acids is 1. The summed E-state index contributed by atoms with van der Waals surface area (Å²) in [6.07, 6.45) is 11.1. The monoisotopic (exact) mass is 1020 g/mol. The quantitative estimate of drug-likeness (QED) is 0.0171. The number of rotatable bonds is 26. The number of imidazole rings is 3. The van der Waals surface area contributed by atoms with Crippen molar-refractivity contribution in [1.29, 1.82) is 0 Å². The van der Waals surface area contributed by atoms with Crippen LogP contribution in [-0.4, -0.2) is 148 Å². The van der Waals surface area contributed by atoms with Crippen LogP contribution in [0.2, 0.25) is 0 Å². The number of nitrogens with one attached hydrogen (secondary N) is 9. The Morgan fingerprint density at radius 1 is 0.662 bits per heavy atom. The fourth-order valence-corrected chi connectivity index (χ4v) is 8.79. The number of nitrogens with two attached hydrogens (primary N) is 3. The number of benzene rings is 2. The predicted octanol–water partition coefficient (Wildman–Crippen LogP) is -1.27. The zero-order chi connectivity index (χ0) is 52.6. The highest BCUT2D eigenvalue weighted by Gasteiger charge is 2.39. The minimum Gasteiger partial charge on any atom is -0.480 e. The van der Waals surface area contributed by atoms with E-state index in [1.165, 1.54) is 42.5 Å². The van der Waals surface area contributed by atoms with Crippen LogP contribution in [0.5, 0.6) is 0 Å². The molecule has 74 heavy (non-hydrogen) atoms. The number of carboxylic acid groups (broad SMARTS) is 1. The maximum Gasteiger partial charge on any atom is 0.326 e. The van der Waals surface area contributed by atoms with Crippen molar-refractivity contribution in [3.05, 3.63) is 127 Å². The predicted molar refractivity (Wildman–Crippen MR) is 269 cm³/mol. The number of nitrogens with zero attached hydrogens (tertiary/aromatic N) is 5. The topological polar surface area (TPSA) is 395 Å². The number of guanidine groups is 1. The van der Waals surface area contributed by atoms with Gasteiger partial charge in [-0.15, -0.1) is 0 Å². The third-order valence-corrected chi connectivity index (χ3v) is 12.6. The van der Waals surface area contributed by atoms with E-state index in [4.69, 9.17) is 17.2 Å². The number of hydrogen-bond donors (Lipinski definition) is 13. The number of aromatic amines is 4. The maximum atomic E-state index is 14.6. The van der Waals surface area contributed by atoms with Gasteiger partial charge in [-0.05, 0) is 49.3 Å². The number of para-hydroxylation sites is 1. The van der Waals surface area contributed by atoms with Gasteiger partial charge in [0.25, 0.3) is 0 Å². The van der Waals surface area contributed by atoms with Gasteiger partial charge >= 0.3 is 5.97 Å². The lowest BCUT2D eigenvalue weighted by Crippen LogP contribution is -2.60. The molecule has 16 N–H and O–H groups in total. The molecule has 0 radical (unpaired) electrons. The highest BCUT2D eigenvalue weighted by Crippen LogP contribution is 2.23. The second kappa shape index (κ2) is 25.5. The summed E-state index contributed by atoms with van der Waals surface area (Å²) in [7, 11) is 0. The van der Waals surface area contributed by atoms with Crippen LogP contribution >= 0.6 is 0 Å². The van der Waals surface area contributed by atoms with Crippen LogP contribution in [0.3, 0.4) is 0 Å². The molecule has 1 aliphatic heterocycles. The molecular weight excluding hydrogens is 955 g/mol. The van der Waals surface area contributed by atoms with Gasteiger partial charge in [0.15, 0.2) is 5.96 Å². The molecule has 7 atom stereocenters. The van der Waals surface area contributed by atoms with Crippen molar-refractivity contribution >= 4 is 58.3 Å². The number of aliphatic imine (C=N–C) groups is 1. The molecular formula is C49H61N17O8. The number of likely N-dealkylation sites (tertiary alicyclic amines) is 1. The first-order chi connectivity index (χ1) is 35.7. The summed E-state index contributed by atoms with van der Waals surface area (Å²) >= 11 is 0. The zero-order valence-corrected chi connectivity index (χ0v) is 40.3. The molecule has 2 aromatic carbocycles. The van der Waals surface area contributed by atoms with Crippen molar-refractivity contribution in [1.82, 2.24) is 66.4 Å². The van der Waals surface area contributed by atoms with Gasteiger partial charge in [0.2, 0.25) is 35.4 Å². The smallest absolute Gasteiger partial charge is 0.326 e. The van der Waals surface area contributed by atoms with Crippen LogP contribution in [-0.2, 0) is 65.7 Å². The molecule has 0 spiro atoms. The van der Waals surface area contributed by atoms with Crippen molar-refractivity contribution in [3.8, 4) is 0 Å². The molecule has 4 aromatic heterocycles. The number of carboxylic acids is 1. The number of carbonyl (C=O) groups excluding carboxylic acids is 6. The van der Waals surface area contributed by atoms with Crippen LogP contribution in [0, 0.1) is 0 Å². The molecule has 6 amide bonds. The Morgan fingerprint density at radius 3 is 1.69 bits per heavy atom. The van der Waals surface area contributed by atoms with Gasteiger partial charge in [0.1, 0.15) is 36.3 Å². The molecule has 7 rings (SSSR count). The number of hydrogen-bond acceptors (Lipinski definition) is 12. The Balaban J connectivity index is 1.09. The molecule has 390 valence electrons. The van der Waals surface area contributed by atoms with Gasteiger partial charge in [-0.1, -0.05) is 48.5 Å². The lowest BCUT2D eigenvalue weighted by Gasteiger charge is -2.29. The first-order valence-corrected chi connectivity index (χ1v) is 24.1. The van der Waals surface area contributed by atoms with Crippen LogP contribution < -0.4 is 43.8 Å². The fraction of sp³-hybridized carbons (Fsp3) is 0.367. The largest absolute Gasteiger partial charge is 0.480 e. The summed E-state index contributed by atoms with van der Waals surface area (Å²) in [5, 5.41) is 24.4. The van der Waals surface area contributed by atoms with Crippen molar-refractivity contribution in [2.75, 3.05) is 13.1 Å². The highest BCUT2D eigenvalue weighted by molar-refractivity contribution is 5.97. The second-order valence-electron chi connectivity index (χ2n) is 18.0. The first kappa shape index (κ1) is 52.9. The Labute approximate surface area is 424 Å². The molecule has 0 unspecified atom stereocenters. The van der Waals surface area contributed by atoms with Crippen molar-refractivity contribution < 1.29 is 38.7 Å². The van der Waals surface area contributed by atoms with E-state index < -0.39 is 83.7 Å². The number of amides is 6. The van der Waals surface area contributed by atoms with Gasteiger partial charge in [0.05, 0.1) is 25.0 Å². The van der Waals surface area contributed by atoms with Gasteiger partial charge < -0.3 is 73.7 Å². The van der Waals surface area contributed by atoms with E-state index in [1.807, 2.05) is 30.5 Å². The van der Waals surface area contributed by atoms with Crippen LogP contribution in [0.4, 0.5) is 0 Å². The van der Waals surface area contributed by atoms with Crippen molar-refractivity contribution in [3.63, 3.8) is 0 Å². The van der Waals surface area contributed by atoms with E-state index in [-0.39, 0.29) is 64.0 Å². The van der Waals surface area contributed by atoms with Crippen LogP contribution in [0.1, 0.15) is 53.9 Å². The van der Waals surface area contributed by atoms with Crippen LogP contribution in [0.25, 0.3) is 10.9 Å². The molecule has 0 saturated carbocycles. The van der Waals surface area contributed by atoms with Crippen molar-refractivity contribution in [2.45, 2.75) is 100 Å². The number of carbonyl (C=O) groups is 7. The fourth-order valence-electron chi connectivity index (χ4n) is 8.79. The molecule has 1 fully saturated rings. The molecule has 25 nitrogen and oxygen atoms in total. The third-order valence-electron chi connectivity index (χ3n) is 12.6. The van der Waals surface area contributed by atoms with Gasteiger partial charge in [-0.3, -0.25) is 33.8 Å².